The molecule has 0 bridgehead atoms. The van der Waals surface area contributed by atoms with E-state index in [4.69, 9.17) is 0 Å². The Kier molecular flexibility index (Phi) is 4.78. The topological polar surface area (TPSA) is 38.3 Å². The summed E-state index contributed by atoms with van der Waals surface area (Å²) in [6.45, 7) is 4.59. The third-order valence-corrected chi connectivity index (χ3v) is 3.08. The summed E-state index contributed by atoms with van der Waals surface area (Å²) in [5, 5.41) is 7.47. The van der Waals surface area contributed by atoms with E-state index in [9.17, 15) is 4.79 Å². The van der Waals surface area contributed by atoms with Crippen LogP contribution in [0.1, 0.15) is 25.5 Å². The molecule has 1 aromatic rings. The average molecular weight is 227 g/mol. The normalized spacial score (nSPS) is 14.6. The molecule has 1 heterocycles. The molecule has 0 aromatic carbocycles. The van der Waals surface area contributed by atoms with E-state index in [1.54, 1.807) is 11.3 Å². The fraction of sp³-hybridized carbons (Fsp3) is 0.545. The highest BCUT2D eigenvalue weighted by Crippen LogP contribution is 2.15. The maximum Gasteiger partial charge on any atom is 0.309 e. The fourth-order valence-electron chi connectivity index (χ4n) is 1.28. The summed E-state index contributed by atoms with van der Waals surface area (Å²) in [4.78, 5) is 11.2. The summed E-state index contributed by atoms with van der Waals surface area (Å²) < 4.78 is 4.66. The van der Waals surface area contributed by atoms with Crippen LogP contribution in [0.5, 0.6) is 0 Å². The molecule has 3 nitrogen and oxygen atoms in total. The van der Waals surface area contributed by atoms with E-state index in [-0.39, 0.29) is 17.9 Å². The first-order chi connectivity index (χ1) is 7.15. The second-order valence-electron chi connectivity index (χ2n) is 3.61. The van der Waals surface area contributed by atoms with Gasteiger partial charge in [0.25, 0.3) is 0 Å². The average Bonchev–Trinajstić information content (AvgIpc) is 2.77. The number of methoxy groups -OCH3 is 1. The Hall–Kier alpha value is -0.870. The Balaban J connectivity index is 2.34. The molecular formula is C11H17NO2S. The number of ether oxygens (including phenoxy) is 1. The largest absolute Gasteiger partial charge is 0.469 e. The summed E-state index contributed by atoms with van der Waals surface area (Å²) in [6.07, 6.45) is 0. The Labute approximate surface area is 94.5 Å². The highest BCUT2D eigenvalue weighted by molar-refractivity contribution is 7.07. The minimum atomic E-state index is -0.167. The molecule has 0 saturated carbocycles. The van der Waals surface area contributed by atoms with Crippen LogP contribution in [0.15, 0.2) is 16.8 Å². The number of hydrogen-bond donors (Lipinski definition) is 1. The molecule has 0 saturated heterocycles. The number of hydrogen-bond acceptors (Lipinski definition) is 4. The molecule has 1 rings (SSSR count). The monoisotopic (exact) mass is 227 g/mol. The number of carbonyl (C=O) groups excluding carboxylic acids is 1. The zero-order valence-corrected chi connectivity index (χ0v) is 10.1. The zero-order chi connectivity index (χ0) is 11.3. The smallest absolute Gasteiger partial charge is 0.309 e. The van der Waals surface area contributed by atoms with Gasteiger partial charge in [0.1, 0.15) is 0 Å². The standard InChI is InChI=1S/C11H17NO2S/c1-8(11(13)14-3)6-12-9(2)10-4-5-15-7-10/h4-5,7-9,12H,6H2,1-3H3. The molecule has 0 spiro atoms. The van der Waals surface area contributed by atoms with Gasteiger partial charge in [0.15, 0.2) is 0 Å². The predicted octanol–water partition coefficient (Wildman–Crippen LogP) is 2.21. The first-order valence-electron chi connectivity index (χ1n) is 4.98. The van der Waals surface area contributed by atoms with Gasteiger partial charge in [-0.25, -0.2) is 0 Å². The van der Waals surface area contributed by atoms with Crippen LogP contribution in [-0.4, -0.2) is 19.6 Å². The van der Waals surface area contributed by atoms with Crippen molar-refractivity contribution in [3.8, 4) is 0 Å². The second kappa shape index (κ2) is 5.88. The lowest BCUT2D eigenvalue weighted by molar-refractivity contribution is -0.144. The Morgan fingerprint density at radius 1 is 1.60 bits per heavy atom. The highest BCUT2D eigenvalue weighted by atomic mass is 32.1. The first kappa shape index (κ1) is 12.2. The molecule has 4 heteroatoms. The van der Waals surface area contributed by atoms with E-state index >= 15 is 0 Å². The van der Waals surface area contributed by atoms with Gasteiger partial charge in [-0.1, -0.05) is 6.92 Å². The zero-order valence-electron chi connectivity index (χ0n) is 9.32. The molecule has 1 aromatic heterocycles. The minimum absolute atomic E-state index is 0.101. The van der Waals surface area contributed by atoms with Gasteiger partial charge in [-0.3, -0.25) is 4.79 Å². The SMILES string of the molecule is COC(=O)C(C)CNC(C)c1ccsc1. The van der Waals surface area contributed by atoms with E-state index in [2.05, 4.69) is 33.8 Å². The van der Waals surface area contributed by atoms with E-state index in [1.807, 2.05) is 6.92 Å². The third-order valence-electron chi connectivity index (χ3n) is 2.38. The Morgan fingerprint density at radius 2 is 2.33 bits per heavy atom. The minimum Gasteiger partial charge on any atom is -0.469 e. The molecule has 84 valence electrons. The quantitative estimate of drug-likeness (QED) is 0.784. The van der Waals surface area contributed by atoms with Crippen LogP contribution < -0.4 is 5.32 Å². The van der Waals surface area contributed by atoms with Crippen molar-refractivity contribution >= 4 is 17.3 Å². The molecule has 0 aliphatic carbocycles. The summed E-state index contributed by atoms with van der Waals surface area (Å²) in [6, 6.07) is 2.37. The van der Waals surface area contributed by atoms with Crippen LogP contribution in [-0.2, 0) is 9.53 Å². The maximum atomic E-state index is 11.2. The van der Waals surface area contributed by atoms with Gasteiger partial charge in [-0.2, -0.15) is 11.3 Å². The Bertz CT molecular complexity index is 298. The molecular weight excluding hydrogens is 210 g/mol. The van der Waals surface area contributed by atoms with Crippen molar-refractivity contribution in [1.82, 2.24) is 5.32 Å². The van der Waals surface area contributed by atoms with Gasteiger partial charge in [-0.15, -0.1) is 0 Å². The molecule has 1 N–H and O–H groups in total. The van der Waals surface area contributed by atoms with E-state index in [1.165, 1.54) is 12.7 Å². The molecule has 0 radical (unpaired) electrons. The van der Waals surface area contributed by atoms with Crippen LogP contribution in [0.3, 0.4) is 0 Å². The van der Waals surface area contributed by atoms with Crippen molar-refractivity contribution in [2.24, 2.45) is 5.92 Å². The van der Waals surface area contributed by atoms with Gasteiger partial charge >= 0.3 is 5.97 Å². The van der Waals surface area contributed by atoms with Gasteiger partial charge in [0, 0.05) is 12.6 Å². The highest BCUT2D eigenvalue weighted by Gasteiger charge is 2.14. The van der Waals surface area contributed by atoms with E-state index in [0.717, 1.165) is 0 Å². The molecule has 15 heavy (non-hydrogen) atoms. The van der Waals surface area contributed by atoms with Gasteiger partial charge in [-0.05, 0) is 29.3 Å². The number of rotatable bonds is 5. The summed E-state index contributed by atoms with van der Waals surface area (Å²) >= 11 is 1.68. The van der Waals surface area contributed by atoms with Gasteiger partial charge < -0.3 is 10.1 Å². The molecule has 0 amide bonds. The predicted molar refractivity (Wildman–Crippen MR) is 61.9 cm³/mol. The van der Waals surface area contributed by atoms with Crippen LogP contribution in [0.4, 0.5) is 0 Å². The third kappa shape index (κ3) is 3.64. The maximum absolute atomic E-state index is 11.2. The lowest BCUT2D eigenvalue weighted by Gasteiger charge is -2.15. The number of esters is 1. The van der Waals surface area contributed by atoms with Crippen molar-refractivity contribution in [3.63, 3.8) is 0 Å². The van der Waals surface area contributed by atoms with Gasteiger partial charge in [0.2, 0.25) is 0 Å². The fourth-order valence-corrected chi connectivity index (χ4v) is 2.03. The first-order valence-corrected chi connectivity index (χ1v) is 5.92. The van der Waals surface area contributed by atoms with Crippen LogP contribution in [0.25, 0.3) is 0 Å². The number of thiophene rings is 1. The summed E-state index contributed by atoms with van der Waals surface area (Å²) in [7, 11) is 1.42. The number of nitrogens with one attached hydrogen (secondary N) is 1. The lowest BCUT2D eigenvalue weighted by Crippen LogP contribution is -2.29. The van der Waals surface area contributed by atoms with Crippen LogP contribution >= 0.6 is 11.3 Å². The number of carbonyl (C=O) groups is 1. The van der Waals surface area contributed by atoms with E-state index < -0.39 is 0 Å². The molecule has 0 aliphatic heterocycles. The summed E-state index contributed by atoms with van der Waals surface area (Å²) in [5.74, 6) is -0.267. The van der Waals surface area contributed by atoms with Crippen LogP contribution in [0, 0.1) is 5.92 Å². The molecule has 0 fully saturated rings. The summed E-state index contributed by atoms with van der Waals surface area (Å²) in [5.41, 5.74) is 1.26. The van der Waals surface area contributed by atoms with Crippen molar-refractivity contribution in [2.75, 3.05) is 13.7 Å². The van der Waals surface area contributed by atoms with Crippen LogP contribution in [0.2, 0.25) is 0 Å². The molecule has 2 atom stereocenters. The van der Waals surface area contributed by atoms with Crippen molar-refractivity contribution in [3.05, 3.63) is 22.4 Å². The van der Waals surface area contributed by atoms with Crippen molar-refractivity contribution in [2.45, 2.75) is 19.9 Å². The van der Waals surface area contributed by atoms with Crippen molar-refractivity contribution in [1.29, 1.82) is 0 Å². The lowest BCUT2D eigenvalue weighted by atomic mass is 10.1. The van der Waals surface area contributed by atoms with Gasteiger partial charge in [0.05, 0.1) is 13.0 Å². The van der Waals surface area contributed by atoms with E-state index in [0.29, 0.717) is 6.54 Å². The molecule has 2 unspecified atom stereocenters. The van der Waals surface area contributed by atoms with Crippen molar-refractivity contribution < 1.29 is 9.53 Å². The molecule has 0 aliphatic rings. The Morgan fingerprint density at radius 3 is 2.87 bits per heavy atom. The second-order valence-corrected chi connectivity index (χ2v) is 4.39.